The van der Waals surface area contributed by atoms with E-state index in [9.17, 15) is 0 Å². The number of hydrogen-bond acceptors (Lipinski definition) is 0. The van der Waals surface area contributed by atoms with E-state index in [1.165, 1.54) is 0 Å². The molecule has 7 bridgehead atoms. The topological polar surface area (TPSA) is 0 Å². The zero-order valence-corrected chi connectivity index (χ0v) is 12.0. The summed E-state index contributed by atoms with van der Waals surface area (Å²) < 4.78 is 0. The van der Waals surface area contributed by atoms with Gasteiger partial charge in [0.25, 0.3) is 0 Å². The molecule has 6 saturated carbocycles. The predicted octanol–water partition coefficient (Wildman–Crippen LogP) is 4.21. The third kappa shape index (κ3) is 0.558. The van der Waals surface area contributed by atoms with Gasteiger partial charge in [0, 0.05) is 0 Å². The lowest BCUT2D eigenvalue weighted by Gasteiger charge is -2.79. The fourth-order valence-corrected chi connectivity index (χ4v) is 9.23. The van der Waals surface area contributed by atoms with E-state index in [-0.39, 0.29) is 0 Å². The van der Waals surface area contributed by atoms with Crippen molar-refractivity contribution in [3.63, 3.8) is 0 Å². The maximum absolute atomic E-state index is 2.69. The molecule has 0 aromatic rings. The van der Waals surface area contributed by atoms with Gasteiger partial charge in [-0.25, -0.2) is 0 Å². The van der Waals surface area contributed by atoms with Crippen LogP contribution in [0.1, 0.15) is 47.5 Å². The van der Waals surface area contributed by atoms with E-state index in [0.29, 0.717) is 16.2 Å². The second kappa shape index (κ2) is 2.14. The van der Waals surface area contributed by atoms with E-state index in [0.717, 1.165) is 41.4 Å². The molecule has 6 rings (SSSR count). The molecule has 94 valence electrons. The summed E-state index contributed by atoms with van der Waals surface area (Å²) >= 11 is 0. The van der Waals surface area contributed by atoms with Crippen molar-refractivity contribution in [2.75, 3.05) is 0 Å². The average molecular weight is 230 g/mol. The first-order valence-electron chi connectivity index (χ1n) is 7.89. The van der Waals surface area contributed by atoms with Crippen molar-refractivity contribution < 1.29 is 0 Å². The van der Waals surface area contributed by atoms with Crippen LogP contribution in [0.3, 0.4) is 0 Å². The molecule has 10 atom stereocenters. The summed E-state index contributed by atoms with van der Waals surface area (Å²) in [4.78, 5) is 0. The maximum atomic E-state index is 2.69. The lowest BCUT2D eigenvalue weighted by Crippen LogP contribution is -2.74. The van der Waals surface area contributed by atoms with Crippen LogP contribution < -0.4 is 0 Å². The molecule has 6 fully saturated rings. The molecule has 0 aromatic carbocycles. The molecule has 6 aliphatic carbocycles. The molecule has 0 N–H and O–H groups in total. The van der Waals surface area contributed by atoms with Crippen LogP contribution >= 0.6 is 0 Å². The van der Waals surface area contributed by atoms with Crippen molar-refractivity contribution >= 4 is 0 Å². The van der Waals surface area contributed by atoms with Crippen LogP contribution in [0.25, 0.3) is 0 Å². The summed E-state index contributed by atoms with van der Waals surface area (Å²) in [5.74, 6) is 7.51. The van der Waals surface area contributed by atoms with Gasteiger partial charge in [-0.3, -0.25) is 0 Å². The Bertz CT molecular complexity index is 431. The van der Waals surface area contributed by atoms with Gasteiger partial charge in [-0.2, -0.15) is 0 Å². The second-order valence-electron chi connectivity index (χ2n) is 8.93. The van der Waals surface area contributed by atoms with Gasteiger partial charge in [-0.05, 0) is 70.5 Å². The highest BCUT2D eigenvalue weighted by atomic mass is 14.9. The summed E-state index contributed by atoms with van der Waals surface area (Å²) in [6.07, 6.45) is 3.19. The lowest BCUT2D eigenvalue weighted by molar-refractivity contribution is -0.316. The third-order valence-corrected chi connectivity index (χ3v) is 9.99. The summed E-state index contributed by atoms with van der Waals surface area (Å²) in [5, 5.41) is 0. The maximum Gasteiger partial charge on any atom is -0.0204 e. The molecule has 6 aliphatic rings. The van der Waals surface area contributed by atoms with E-state index in [1.54, 1.807) is 12.8 Å². The predicted molar refractivity (Wildman–Crippen MR) is 69.3 cm³/mol. The van der Waals surface area contributed by atoms with Gasteiger partial charge in [0.15, 0.2) is 0 Å². The van der Waals surface area contributed by atoms with Crippen LogP contribution in [0.4, 0.5) is 0 Å². The van der Waals surface area contributed by atoms with Crippen molar-refractivity contribution in [3.8, 4) is 0 Å². The second-order valence-corrected chi connectivity index (χ2v) is 8.93. The van der Waals surface area contributed by atoms with Crippen molar-refractivity contribution in [3.05, 3.63) is 0 Å². The quantitative estimate of drug-likeness (QED) is 0.585. The molecular formula is C17H26. The first-order chi connectivity index (χ1) is 7.89. The normalized spacial score (nSPS) is 82.1. The van der Waals surface area contributed by atoms with E-state index in [4.69, 9.17) is 0 Å². The Morgan fingerprint density at radius 2 is 1.59 bits per heavy atom. The highest BCUT2D eigenvalue weighted by molar-refractivity contribution is 5.35. The van der Waals surface area contributed by atoms with Crippen LogP contribution in [0.2, 0.25) is 0 Å². The average Bonchev–Trinajstić information content (AvgIpc) is 2.64. The molecule has 0 nitrogen and oxygen atoms in total. The van der Waals surface area contributed by atoms with E-state index < -0.39 is 0 Å². The molecule has 0 radical (unpaired) electrons. The van der Waals surface area contributed by atoms with Gasteiger partial charge >= 0.3 is 0 Å². The standard InChI is InChI=1S/C17H26/c1-8-13-11-6-10-7-12-14(11)16(8,4)17(12,5)9(2)15(10,13)3/h8-14H,6-7H2,1-5H3. The van der Waals surface area contributed by atoms with Crippen LogP contribution in [-0.4, -0.2) is 0 Å². The minimum absolute atomic E-state index is 0.688. The molecular weight excluding hydrogens is 204 g/mol. The van der Waals surface area contributed by atoms with Gasteiger partial charge in [0.2, 0.25) is 0 Å². The lowest BCUT2D eigenvalue weighted by atomic mass is 9.25. The summed E-state index contributed by atoms with van der Waals surface area (Å²) in [6.45, 7) is 13.3. The smallest absolute Gasteiger partial charge is 0.0204 e. The Labute approximate surface area is 106 Å². The van der Waals surface area contributed by atoms with Gasteiger partial charge < -0.3 is 0 Å². The van der Waals surface area contributed by atoms with Crippen molar-refractivity contribution in [2.45, 2.75) is 47.5 Å². The molecule has 0 aromatic heterocycles. The first kappa shape index (κ1) is 9.87. The zero-order valence-electron chi connectivity index (χ0n) is 12.0. The van der Waals surface area contributed by atoms with E-state index in [2.05, 4.69) is 34.6 Å². The molecule has 0 amide bonds. The minimum Gasteiger partial charge on any atom is -0.0617 e. The molecule has 0 saturated heterocycles. The van der Waals surface area contributed by atoms with Gasteiger partial charge in [-0.1, -0.05) is 34.6 Å². The summed E-state index contributed by atoms with van der Waals surface area (Å²) in [6, 6.07) is 0. The largest absolute Gasteiger partial charge is 0.0617 e. The van der Waals surface area contributed by atoms with Crippen molar-refractivity contribution in [1.29, 1.82) is 0 Å². The van der Waals surface area contributed by atoms with Crippen LogP contribution in [-0.2, 0) is 0 Å². The molecule has 0 heteroatoms. The summed E-state index contributed by atoms with van der Waals surface area (Å²) in [5.41, 5.74) is 2.10. The van der Waals surface area contributed by atoms with Crippen molar-refractivity contribution in [1.82, 2.24) is 0 Å². The summed E-state index contributed by atoms with van der Waals surface area (Å²) in [7, 11) is 0. The highest BCUT2D eigenvalue weighted by Crippen LogP contribution is 2.93. The van der Waals surface area contributed by atoms with Gasteiger partial charge in [0.1, 0.15) is 0 Å². The first-order valence-corrected chi connectivity index (χ1v) is 7.89. The molecule has 10 unspecified atom stereocenters. The monoisotopic (exact) mass is 230 g/mol. The van der Waals surface area contributed by atoms with E-state index in [1.807, 2.05) is 0 Å². The number of hydrogen-bond donors (Lipinski definition) is 0. The van der Waals surface area contributed by atoms with Crippen LogP contribution in [0.5, 0.6) is 0 Å². The highest BCUT2D eigenvalue weighted by Gasteiger charge is 2.88. The zero-order chi connectivity index (χ0) is 12.0. The molecule has 0 aliphatic heterocycles. The third-order valence-electron chi connectivity index (χ3n) is 9.99. The SMILES string of the molecule is CC1C2C3CC4CC5C3C1(C)C5(C)C(C)C42C. The van der Waals surface area contributed by atoms with Crippen LogP contribution in [0.15, 0.2) is 0 Å². The Morgan fingerprint density at radius 3 is 2.29 bits per heavy atom. The Balaban J connectivity index is 1.87. The van der Waals surface area contributed by atoms with Crippen LogP contribution in [0, 0.1) is 57.7 Å². The fraction of sp³-hybridized carbons (Fsp3) is 1.00. The minimum atomic E-state index is 0.688. The van der Waals surface area contributed by atoms with Gasteiger partial charge in [-0.15, -0.1) is 0 Å². The van der Waals surface area contributed by atoms with Crippen molar-refractivity contribution in [2.24, 2.45) is 57.7 Å². The molecule has 0 spiro atoms. The van der Waals surface area contributed by atoms with Gasteiger partial charge in [0.05, 0.1) is 0 Å². The molecule has 0 heterocycles. The Morgan fingerprint density at radius 1 is 0.882 bits per heavy atom. The van der Waals surface area contributed by atoms with E-state index >= 15 is 0 Å². The molecule has 17 heavy (non-hydrogen) atoms. The Hall–Kier alpha value is 0. The fourth-order valence-electron chi connectivity index (χ4n) is 9.23. The number of rotatable bonds is 0. The Kier molecular flexibility index (Phi) is 1.24.